The number of nitrogens with one attached hydrogen (secondary N) is 1. The quantitative estimate of drug-likeness (QED) is 0.593. The summed E-state index contributed by atoms with van der Waals surface area (Å²) >= 11 is 0. The smallest absolute Gasteiger partial charge is 0.323 e. The highest BCUT2D eigenvalue weighted by Crippen LogP contribution is 2.27. The molecule has 17 heavy (non-hydrogen) atoms. The monoisotopic (exact) mass is 241 g/mol. The van der Waals surface area contributed by atoms with E-state index in [2.05, 4.69) is 5.32 Å². The summed E-state index contributed by atoms with van der Waals surface area (Å²) in [5, 5.41) is 13.4. The van der Waals surface area contributed by atoms with Crippen LogP contribution >= 0.6 is 0 Å². The summed E-state index contributed by atoms with van der Waals surface area (Å²) in [5.41, 5.74) is 0. The Hall–Kier alpha value is -1.99. The maximum atomic E-state index is 11.7. The van der Waals surface area contributed by atoms with Gasteiger partial charge in [-0.2, -0.15) is 0 Å². The second-order valence-corrected chi connectivity index (χ2v) is 4.21. The van der Waals surface area contributed by atoms with Gasteiger partial charge in [0.05, 0.1) is 12.0 Å². The molecule has 1 N–H and O–H groups in total. The lowest BCUT2D eigenvalue weighted by Gasteiger charge is -2.32. The van der Waals surface area contributed by atoms with E-state index in [1.54, 1.807) is 7.05 Å². The Kier molecular flexibility index (Phi) is 2.37. The fourth-order valence-electron chi connectivity index (χ4n) is 2.24. The van der Waals surface area contributed by atoms with Crippen molar-refractivity contribution in [1.82, 2.24) is 20.0 Å². The first-order chi connectivity index (χ1) is 7.86. The molecule has 0 aromatic carbocycles. The molecular weight excluding hydrogens is 228 g/mol. The average molecular weight is 241 g/mol. The van der Waals surface area contributed by atoms with E-state index >= 15 is 0 Å². The van der Waals surface area contributed by atoms with Crippen LogP contribution in [0.1, 0.15) is 6.92 Å². The Morgan fingerprint density at radius 1 is 1.35 bits per heavy atom. The molecule has 2 rings (SSSR count). The van der Waals surface area contributed by atoms with E-state index in [-0.39, 0.29) is 6.03 Å². The molecule has 0 saturated carbocycles. The minimum atomic E-state index is -1.35. The number of aliphatic carboxylic acids is 1. The average Bonchev–Trinajstić information content (AvgIpc) is 2.70. The van der Waals surface area contributed by atoms with Crippen LogP contribution in [0.3, 0.4) is 0 Å². The van der Waals surface area contributed by atoms with Crippen molar-refractivity contribution in [3.63, 3.8) is 0 Å². The second kappa shape index (κ2) is 3.51. The van der Waals surface area contributed by atoms with Crippen molar-refractivity contribution in [2.45, 2.75) is 25.3 Å². The van der Waals surface area contributed by atoms with Gasteiger partial charge in [-0.15, -0.1) is 0 Å². The van der Waals surface area contributed by atoms with E-state index < -0.39 is 30.4 Å². The van der Waals surface area contributed by atoms with Crippen LogP contribution in [0.5, 0.6) is 0 Å². The lowest BCUT2D eigenvalue weighted by atomic mass is 10.2. The number of carbonyl (C=O) groups is 3. The number of carbonyl (C=O) groups excluding carboxylic acids is 3. The van der Waals surface area contributed by atoms with Crippen molar-refractivity contribution in [2.75, 3.05) is 14.1 Å². The van der Waals surface area contributed by atoms with Crippen LogP contribution in [0.4, 0.5) is 9.59 Å². The van der Waals surface area contributed by atoms with Gasteiger partial charge < -0.3 is 25.0 Å². The zero-order valence-corrected chi connectivity index (χ0v) is 9.71. The number of fused-ring (bicyclic) bond motifs is 1. The summed E-state index contributed by atoms with van der Waals surface area (Å²) in [6.45, 7) is 1.36. The van der Waals surface area contributed by atoms with Crippen LogP contribution < -0.4 is 10.4 Å². The molecule has 0 unspecified atom stereocenters. The number of likely N-dealkylation sites (N-methyl/N-ethyl adjacent to an activating group) is 2. The van der Waals surface area contributed by atoms with Crippen LogP contribution in [0, 0.1) is 0 Å². The summed E-state index contributed by atoms with van der Waals surface area (Å²) in [7, 11) is 3.08. The van der Waals surface area contributed by atoms with Gasteiger partial charge in [0.2, 0.25) is 0 Å². The standard InChI is InChI=1S/C9H14N4O4/c1-4(7(14)15)13-6-5(10-8(13)16)11(2)9(17)12(6)3/h4-6H,1-3H3,(H,10,16)(H,14,15)/p-1/t4-,5-,6+/m0/s1. The van der Waals surface area contributed by atoms with Crippen molar-refractivity contribution < 1.29 is 19.5 Å². The third kappa shape index (κ3) is 1.40. The number of urea groups is 2. The molecule has 0 aliphatic carbocycles. The maximum absolute atomic E-state index is 11.7. The van der Waals surface area contributed by atoms with Gasteiger partial charge in [-0.05, 0) is 6.92 Å². The number of nitrogens with zero attached hydrogens (tertiary/aromatic N) is 3. The van der Waals surface area contributed by atoms with Crippen molar-refractivity contribution in [3.8, 4) is 0 Å². The van der Waals surface area contributed by atoms with Crippen molar-refractivity contribution in [3.05, 3.63) is 0 Å². The van der Waals surface area contributed by atoms with Crippen molar-refractivity contribution in [1.29, 1.82) is 0 Å². The molecular formula is C9H13N4O4-. The van der Waals surface area contributed by atoms with Crippen molar-refractivity contribution >= 4 is 18.0 Å². The largest absolute Gasteiger partial charge is 0.548 e. The highest BCUT2D eigenvalue weighted by molar-refractivity contribution is 5.87. The number of hydrogen-bond acceptors (Lipinski definition) is 4. The first kappa shape index (κ1) is 11.5. The lowest BCUT2D eigenvalue weighted by molar-refractivity contribution is -0.310. The van der Waals surface area contributed by atoms with Crippen LogP contribution in [0.15, 0.2) is 0 Å². The molecule has 2 fully saturated rings. The van der Waals surface area contributed by atoms with Gasteiger partial charge >= 0.3 is 12.1 Å². The Bertz CT molecular complexity index is 398. The predicted octanol–water partition coefficient (Wildman–Crippen LogP) is -2.20. The van der Waals surface area contributed by atoms with Gasteiger partial charge in [0, 0.05) is 14.1 Å². The van der Waals surface area contributed by atoms with Crippen LogP contribution in [0.25, 0.3) is 0 Å². The van der Waals surface area contributed by atoms with E-state index in [1.165, 1.54) is 23.8 Å². The first-order valence-electron chi connectivity index (χ1n) is 5.15. The zero-order valence-electron chi connectivity index (χ0n) is 9.71. The summed E-state index contributed by atoms with van der Waals surface area (Å²) in [5.74, 6) is -1.35. The molecule has 2 saturated heterocycles. The molecule has 3 atom stereocenters. The van der Waals surface area contributed by atoms with Gasteiger partial charge in [-0.3, -0.25) is 4.90 Å². The molecule has 2 heterocycles. The molecule has 8 heteroatoms. The fraction of sp³-hybridized carbons (Fsp3) is 0.667. The fourth-order valence-corrected chi connectivity index (χ4v) is 2.24. The van der Waals surface area contributed by atoms with E-state index in [9.17, 15) is 19.5 Å². The molecule has 0 spiro atoms. The number of rotatable bonds is 2. The normalized spacial score (nSPS) is 29.5. The number of amides is 4. The van der Waals surface area contributed by atoms with Crippen LogP contribution in [-0.2, 0) is 4.79 Å². The topological polar surface area (TPSA) is 96.0 Å². The van der Waals surface area contributed by atoms with Gasteiger partial charge in [-0.1, -0.05) is 0 Å². The first-order valence-corrected chi connectivity index (χ1v) is 5.15. The number of hydrogen-bond donors (Lipinski definition) is 1. The Labute approximate surface area is 97.8 Å². The van der Waals surface area contributed by atoms with Crippen LogP contribution in [-0.4, -0.2) is 65.2 Å². The maximum Gasteiger partial charge on any atom is 0.323 e. The number of carboxylic acids is 1. The molecule has 0 aromatic rings. The Balaban J connectivity index is 2.33. The zero-order chi connectivity index (χ0) is 12.9. The van der Waals surface area contributed by atoms with Gasteiger partial charge in [-0.25, -0.2) is 9.59 Å². The molecule has 8 nitrogen and oxygen atoms in total. The Morgan fingerprint density at radius 2 is 1.94 bits per heavy atom. The highest BCUT2D eigenvalue weighted by Gasteiger charge is 2.53. The summed E-state index contributed by atoms with van der Waals surface area (Å²) < 4.78 is 0. The molecule has 2 aliphatic heterocycles. The van der Waals surface area contributed by atoms with E-state index in [0.717, 1.165) is 4.90 Å². The summed E-state index contributed by atoms with van der Waals surface area (Å²) in [6, 6.07) is -1.87. The van der Waals surface area contributed by atoms with Gasteiger partial charge in [0.15, 0.2) is 0 Å². The molecule has 94 valence electrons. The second-order valence-electron chi connectivity index (χ2n) is 4.21. The molecule has 0 bridgehead atoms. The Morgan fingerprint density at radius 3 is 2.47 bits per heavy atom. The van der Waals surface area contributed by atoms with E-state index in [4.69, 9.17) is 0 Å². The summed E-state index contributed by atoms with van der Waals surface area (Å²) in [6.07, 6.45) is -1.14. The lowest BCUT2D eigenvalue weighted by Crippen LogP contribution is -2.54. The molecule has 0 aromatic heterocycles. The third-order valence-electron chi connectivity index (χ3n) is 3.25. The predicted molar refractivity (Wildman–Crippen MR) is 53.3 cm³/mol. The summed E-state index contributed by atoms with van der Waals surface area (Å²) in [4.78, 5) is 38.0. The SMILES string of the molecule is C[C@@H](C(=O)[O-])N1C(=O)N[C@@H]2[C@@H]1N(C)C(=O)N2C. The van der Waals surface area contributed by atoms with Gasteiger partial charge in [0.1, 0.15) is 12.3 Å². The van der Waals surface area contributed by atoms with E-state index in [1.807, 2.05) is 0 Å². The molecule has 0 radical (unpaired) electrons. The third-order valence-corrected chi connectivity index (χ3v) is 3.25. The highest BCUT2D eigenvalue weighted by atomic mass is 16.4. The number of carboxylic acid groups (broad SMARTS) is 1. The van der Waals surface area contributed by atoms with E-state index in [0.29, 0.717) is 0 Å². The van der Waals surface area contributed by atoms with Crippen molar-refractivity contribution in [2.24, 2.45) is 0 Å². The van der Waals surface area contributed by atoms with Gasteiger partial charge in [0.25, 0.3) is 0 Å². The minimum Gasteiger partial charge on any atom is -0.548 e. The minimum absolute atomic E-state index is 0.268. The van der Waals surface area contributed by atoms with Crippen LogP contribution in [0.2, 0.25) is 0 Å². The molecule has 2 aliphatic rings. The molecule has 4 amide bonds.